The van der Waals surface area contributed by atoms with E-state index in [9.17, 15) is 9.59 Å². The Morgan fingerprint density at radius 3 is 2.04 bits per heavy atom. The average Bonchev–Trinajstić information content (AvgIpc) is 2.62. The van der Waals surface area contributed by atoms with Crippen molar-refractivity contribution in [1.82, 2.24) is 10.4 Å². The molecule has 2 aromatic rings. The van der Waals surface area contributed by atoms with Crippen LogP contribution in [0.3, 0.4) is 0 Å². The Morgan fingerprint density at radius 1 is 1.00 bits per heavy atom. The number of aryl methyl sites for hydroxylation is 2. The first kappa shape index (κ1) is 21.1. The van der Waals surface area contributed by atoms with Crippen LogP contribution in [-0.4, -0.2) is 22.4 Å². The van der Waals surface area contributed by atoms with Gasteiger partial charge in [0.1, 0.15) is 0 Å². The molecule has 0 aromatic heterocycles. The van der Waals surface area contributed by atoms with Gasteiger partial charge in [0.2, 0.25) is 0 Å². The van der Waals surface area contributed by atoms with Crippen LogP contribution in [0.15, 0.2) is 36.4 Å². The third-order valence-corrected chi connectivity index (χ3v) is 4.71. The fraction of sp³-hybridized carbons (Fsp3) is 0.364. The Bertz CT molecular complexity index is 829. The van der Waals surface area contributed by atoms with Crippen molar-refractivity contribution < 1.29 is 9.59 Å². The van der Waals surface area contributed by atoms with Crippen LogP contribution >= 0.6 is 11.6 Å². The van der Waals surface area contributed by atoms with Crippen molar-refractivity contribution >= 4 is 23.4 Å². The van der Waals surface area contributed by atoms with E-state index in [2.05, 4.69) is 12.3 Å². The van der Waals surface area contributed by atoms with Crippen LogP contribution in [0.4, 0.5) is 0 Å². The Balaban J connectivity index is 2.44. The maximum absolute atomic E-state index is 13.2. The lowest BCUT2D eigenvalue weighted by atomic mass is 10.0. The number of nitrogens with one attached hydrogen (secondary N) is 1. The summed E-state index contributed by atoms with van der Waals surface area (Å²) < 4.78 is 0. The Morgan fingerprint density at radius 2 is 1.56 bits per heavy atom. The van der Waals surface area contributed by atoms with E-state index >= 15 is 0 Å². The number of imide groups is 1. The van der Waals surface area contributed by atoms with E-state index in [1.54, 1.807) is 24.3 Å². The molecule has 0 saturated heterocycles. The topological polar surface area (TPSA) is 49.4 Å². The van der Waals surface area contributed by atoms with Crippen LogP contribution in [-0.2, 0) is 6.42 Å². The minimum Gasteiger partial charge on any atom is -0.267 e. The van der Waals surface area contributed by atoms with E-state index in [1.807, 2.05) is 46.8 Å². The number of hydrogen-bond donors (Lipinski definition) is 1. The molecule has 1 N–H and O–H groups in total. The molecule has 0 saturated carbocycles. The molecule has 0 heterocycles. The van der Waals surface area contributed by atoms with Crippen molar-refractivity contribution in [1.29, 1.82) is 0 Å². The van der Waals surface area contributed by atoms with Gasteiger partial charge in [0.15, 0.2) is 0 Å². The standard InChI is InChI=1S/C22H27ClN2O2/c1-7-16-8-10-17(11-9-16)20(26)25(24-22(4,5)6)21(27)18-12-14(2)15(3)19(23)13-18/h8-13,24H,7H2,1-6H3. The van der Waals surface area contributed by atoms with Gasteiger partial charge in [0.25, 0.3) is 11.8 Å². The molecule has 5 heteroatoms. The molecular weight excluding hydrogens is 360 g/mol. The minimum absolute atomic E-state index is 0.373. The molecule has 2 aromatic carbocycles. The van der Waals surface area contributed by atoms with Gasteiger partial charge in [-0.15, -0.1) is 0 Å². The lowest BCUT2D eigenvalue weighted by Gasteiger charge is -2.30. The average molecular weight is 387 g/mol. The summed E-state index contributed by atoms with van der Waals surface area (Å²) in [5.74, 6) is -0.827. The van der Waals surface area contributed by atoms with Gasteiger partial charge in [0.05, 0.1) is 0 Å². The van der Waals surface area contributed by atoms with Crippen molar-refractivity contribution in [3.63, 3.8) is 0 Å². The predicted molar refractivity (Wildman–Crippen MR) is 110 cm³/mol. The molecule has 2 rings (SSSR count). The monoisotopic (exact) mass is 386 g/mol. The van der Waals surface area contributed by atoms with Gasteiger partial charge >= 0.3 is 0 Å². The number of halogens is 1. The van der Waals surface area contributed by atoms with Crippen LogP contribution in [0.5, 0.6) is 0 Å². The molecule has 0 bridgehead atoms. The smallest absolute Gasteiger partial charge is 0.267 e. The van der Waals surface area contributed by atoms with Gasteiger partial charge in [-0.3, -0.25) is 9.59 Å². The number of hydrazine groups is 1. The number of nitrogens with zero attached hydrogens (tertiary/aromatic N) is 1. The van der Waals surface area contributed by atoms with Crippen LogP contribution in [0.2, 0.25) is 5.02 Å². The lowest BCUT2D eigenvalue weighted by Crippen LogP contribution is -2.54. The van der Waals surface area contributed by atoms with Crippen LogP contribution in [0.25, 0.3) is 0 Å². The quantitative estimate of drug-likeness (QED) is 0.587. The second-order valence-corrected chi connectivity index (χ2v) is 8.17. The zero-order chi connectivity index (χ0) is 20.4. The number of benzene rings is 2. The summed E-state index contributed by atoms with van der Waals surface area (Å²) in [7, 11) is 0. The highest BCUT2D eigenvalue weighted by molar-refractivity contribution is 6.32. The SMILES string of the molecule is CCc1ccc(C(=O)N(NC(C)(C)C)C(=O)c2cc(C)c(C)c(Cl)c2)cc1. The Hall–Kier alpha value is -2.17. The third-order valence-electron chi connectivity index (χ3n) is 4.31. The van der Waals surface area contributed by atoms with E-state index in [-0.39, 0.29) is 0 Å². The molecule has 0 fully saturated rings. The third kappa shape index (κ3) is 5.18. The minimum atomic E-state index is -0.474. The van der Waals surface area contributed by atoms with Crippen molar-refractivity contribution in [3.05, 3.63) is 69.2 Å². The van der Waals surface area contributed by atoms with Gasteiger partial charge < -0.3 is 0 Å². The van der Waals surface area contributed by atoms with Crippen molar-refractivity contribution in [2.45, 2.75) is 53.5 Å². The molecule has 4 nitrogen and oxygen atoms in total. The van der Waals surface area contributed by atoms with E-state index in [4.69, 9.17) is 11.6 Å². The van der Waals surface area contributed by atoms with Gasteiger partial charge in [-0.25, -0.2) is 10.4 Å². The zero-order valence-corrected chi connectivity index (χ0v) is 17.6. The van der Waals surface area contributed by atoms with Crippen molar-refractivity contribution in [2.24, 2.45) is 0 Å². The van der Waals surface area contributed by atoms with Crippen molar-refractivity contribution in [2.75, 3.05) is 0 Å². The molecule has 0 atom stereocenters. The summed E-state index contributed by atoms with van der Waals surface area (Å²) in [6.45, 7) is 11.5. The van der Waals surface area contributed by atoms with E-state index < -0.39 is 17.4 Å². The Labute approximate surface area is 166 Å². The summed E-state index contributed by atoms with van der Waals surface area (Å²) in [5.41, 5.74) is 6.34. The first-order valence-corrected chi connectivity index (χ1v) is 9.43. The van der Waals surface area contributed by atoms with E-state index in [1.165, 1.54) is 0 Å². The van der Waals surface area contributed by atoms with Crippen LogP contribution in [0.1, 0.15) is 65.1 Å². The molecule has 0 unspecified atom stereocenters. The summed E-state index contributed by atoms with van der Waals surface area (Å²) in [6.07, 6.45) is 0.887. The normalized spacial score (nSPS) is 11.4. The maximum atomic E-state index is 13.2. The van der Waals surface area contributed by atoms with Crippen molar-refractivity contribution in [3.8, 4) is 0 Å². The lowest BCUT2D eigenvalue weighted by molar-refractivity contribution is 0.0452. The number of carbonyl (C=O) groups is 2. The highest BCUT2D eigenvalue weighted by Crippen LogP contribution is 2.22. The first-order chi connectivity index (χ1) is 12.5. The second kappa shape index (κ2) is 8.24. The van der Waals surface area contributed by atoms with Crippen LogP contribution in [0, 0.1) is 13.8 Å². The highest BCUT2D eigenvalue weighted by Gasteiger charge is 2.28. The van der Waals surface area contributed by atoms with E-state index in [0.29, 0.717) is 16.1 Å². The number of hydrogen-bond acceptors (Lipinski definition) is 3. The van der Waals surface area contributed by atoms with Gasteiger partial charge in [-0.05, 0) is 82.0 Å². The number of carbonyl (C=O) groups excluding carboxylic acids is 2. The molecule has 0 radical (unpaired) electrons. The van der Waals surface area contributed by atoms with Gasteiger partial charge in [0, 0.05) is 21.7 Å². The van der Waals surface area contributed by atoms with Gasteiger partial charge in [-0.1, -0.05) is 30.7 Å². The largest absolute Gasteiger partial charge is 0.275 e. The van der Waals surface area contributed by atoms with Crippen LogP contribution < -0.4 is 5.43 Å². The molecule has 0 aliphatic carbocycles. The second-order valence-electron chi connectivity index (χ2n) is 7.76. The number of amides is 2. The summed E-state index contributed by atoms with van der Waals surface area (Å²) in [6, 6.07) is 10.7. The van der Waals surface area contributed by atoms with E-state index in [0.717, 1.165) is 28.1 Å². The highest BCUT2D eigenvalue weighted by atomic mass is 35.5. The summed E-state index contributed by atoms with van der Waals surface area (Å²) in [5, 5.41) is 1.59. The zero-order valence-electron chi connectivity index (χ0n) is 16.8. The number of rotatable bonds is 4. The maximum Gasteiger partial charge on any atom is 0.275 e. The molecule has 27 heavy (non-hydrogen) atoms. The fourth-order valence-corrected chi connectivity index (χ4v) is 2.88. The molecule has 0 spiro atoms. The Kier molecular flexibility index (Phi) is 6.45. The molecule has 0 aliphatic rings. The first-order valence-electron chi connectivity index (χ1n) is 9.05. The summed E-state index contributed by atoms with van der Waals surface area (Å²) >= 11 is 6.25. The van der Waals surface area contributed by atoms with Gasteiger partial charge in [-0.2, -0.15) is 0 Å². The molecular formula is C22H27ClN2O2. The molecule has 144 valence electrons. The summed E-state index contributed by atoms with van der Waals surface area (Å²) in [4.78, 5) is 26.2. The fourth-order valence-electron chi connectivity index (χ4n) is 2.61. The molecule has 2 amide bonds. The molecule has 0 aliphatic heterocycles. The predicted octanol–water partition coefficient (Wildman–Crippen LogP) is 5.10.